The molecule has 0 saturated heterocycles. The summed E-state index contributed by atoms with van der Waals surface area (Å²) >= 11 is 0. The first kappa shape index (κ1) is 17.6. The van der Waals surface area contributed by atoms with Gasteiger partial charge in [0.25, 0.3) is 0 Å². The SMILES string of the molecule is Cc1noc(C)c1S(=O)(=O)NCC(=O)NCCS(C)(=O)=O. The van der Waals surface area contributed by atoms with E-state index < -0.39 is 32.3 Å². The topological polar surface area (TPSA) is 135 Å². The number of hydrogen-bond donors (Lipinski definition) is 2. The number of carbonyl (C=O) groups excluding carboxylic acids is 1. The zero-order valence-electron chi connectivity index (χ0n) is 11.8. The van der Waals surface area contributed by atoms with Crippen LogP contribution >= 0.6 is 0 Å². The summed E-state index contributed by atoms with van der Waals surface area (Å²) in [6.45, 7) is 2.33. The monoisotopic (exact) mass is 339 g/mol. The molecule has 1 aromatic heterocycles. The number of nitrogens with one attached hydrogen (secondary N) is 2. The van der Waals surface area contributed by atoms with Gasteiger partial charge in [0.15, 0.2) is 5.76 Å². The Balaban J connectivity index is 2.57. The van der Waals surface area contributed by atoms with E-state index in [4.69, 9.17) is 4.52 Å². The van der Waals surface area contributed by atoms with Crippen molar-refractivity contribution in [3.05, 3.63) is 11.5 Å². The molecule has 21 heavy (non-hydrogen) atoms. The van der Waals surface area contributed by atoms with Crippen molar-refractivity contribution in [1.29, 1.82) is 0 Å². The van der Waals surface area contributed by atoms with Crippen LogP contribution in [0, 0.1) is 13.8 Å². The van der Waals surface area contributed by atoms with E-state index in [1.165, 1.54) is 13.8 Å². The number of sulfone groups is 1. The fraction of sp³-hybridized carbons (Fsp3) is 0.600. The minimum Gasteiger partial charge on any atom is -0.360 e. The van der Waals surface area contributed by atoms with Gasteiger partial charge in [-0.1, -0.05) is 5.16 Å². The number of aromatic nitrogens is 1. The number of nitrogens with zero attached hydrogens (tertiary/aromatic N) is 1. The number of carbonyl (C=O) groups is 1. The highest BCUT2D eigenvalue weighted by Gasteiger charge is 2.24. The molecule has 1 aromatic rings. The van der Waals surface area contributed by atoms with Gasteiger partial charge in [0.05, 0.1) is 12.3 Å². The van der Waals surface area contributed by atoms with Crippen LogP contribution in [0.4, 0.5) is 0 Å². The highest BCUT2D eigenvalue weighted by Crippen LogP contribution is 2.18. The molecule has 1 amide bonds. The summed E-state index contributed by atoms with van der Waals surface area (Å²) in [6.07, 6.45) is 1.04. The molecule has 9 nitrogen and oxygen atoms in total. The van der Waals surface area contributed by atoms with Crippen LogP contribution in [0.15, 0.2) is 9.42 Å². The molecule has 11 heteroatoms. The van der Waals surface area contributed by atoms with Gasteiger partial charge < -0.3 is 9.84 Å². The van der Waals surface area contributed by atoms with Crippen molar-refractivity contribution in [2.45, 2.75) is 18.7 Å². The van der Waals surface area contributed by atoms with Gasteiger partial charge in [-0.05, 0) is 13.8 Å². The lowest BCUT2D eigenvalue weighted by Crippen LogP contribution is -2.38. The molecule has 120 valence electrons. The fourth-order valence-corrected chi connectivity index (χ4v) is 3.31. The van der Waals surface area contributed by atoms with Gasteiger partial charge in [0.2, 0.25) is 15.9 Å². The van der Waals surface area contributed by atoms with E-state index in [0.717, 1.165) is 6.26 Å². The first-order valence-corrected chi connectivity index (χ1v) is 9.44. The molecule has 0 atom stereocenters. The van der Waals surface area contributed by atoms with Gasteiger partial charge in [-0.15, -0.1) is 0 Å². The molecule has 0 aliphatic carbocycles. The average molecular weight is 339 g/mol. The van der Waals surface area contributed by atoms with E-state index in [1.807, 2.05) is 0 Å². The third-order valence-corrected chi connectivity index (χ3v) is 5.04. The minimum atomic E-state index is -3.91. The van der Waals surface area contributed by atoms with Crippen LogP contribution in [-0.4, -0.2) is 53.0 Å². The Morgan fingerprint density at radius 1 is 1.24 bits per heavy atom. The summed E-state index contributed by atoms with van der Waals surface area (Å²) in [5, 5.41) is 5.83. The molecule has 0 fully saturated rings. The second kappa shape index (κ2) is 6.54. The van der Waals surface area contributed by atoms with Crippen molar-refractivity contribution in [2.24, 2.45) is 0 Å². The largest absolute Gasteiger partial charge is 0.360 e. The summed E-state index contributed by atoms with van der Waals surface area (Å²) < 4.78 is 52.6. The standard InChI is InChI=1S/C10H17N3O6S2/c1-7-10(8(2)19-13-7)21(17,18)12-6-9(14)11-4-5-20(3,15)16/h12H,4-6H2,1-3H3,(H,11,14). The molecule has 0 spiro atoms. The Labute approximate surface area is 123 Å². The quantitative estimate of drug-likeness (QED) is 0.632. The van der Waals surface area contributed by atoms with Crippen LogP contribution < -0.4 is 10.0 Å². The molecule has 0 aliphatic rings. The van der Waals surface area contributed by atoms with Crippen LogP contribution in [-0.2, 0) is 24.7 Å². The van der Waals surface area contributed by atoms with Crippen LogP contribution in [0.5, 0.6) is 0 Å². The molecule has 0 aliphatic heterocycles. The summed E-state index contributed by atoms with van der Waals surface area (Å²) in [7, 11) is -7.10. The van der Waals surface area contributed by atoms with Gasteiger partial charge in [-0.25, -0.2) is 21.6 Å². The zero-order valence-corrected chi connectivity index (χ0v) is 13.5. The molecule has 0 bridgehead atoms. The predicted octanol–water partition coefficient (Wildman–Crippen LogP) is -1.27. The summed E-state index contributed by atoms with van der Waals surface area (Å²) in [4.78, 5) is 11.3. The van der Waals surface area contributed by atoms with Gasteiger partial charge in [0.1, 0.15) is 20.4 Å². The molecule has 0 aromatic carbocycles. The van der Waals surface area contributed by atoms with Crippen molar-refractivity contribution < 1.29 is 26.2 Å². The van der Waals surface area contributed by atoms with E-state index in [0.29, 0.717) is 0 Å². The highest BCUT2D eigenvalue weighted by atomic mass is 32.2. The van der Waals surface area contributed by atoms with E-state index in [1.54, 1.807) is 0 Å². The number of hydrogen-bond acceptors (Lipinski definition) is 7. The lowest BCUT2D eigenvalue weighted by Gasteiger charge is -2.07. The third-order valence-electron chi connectivity index (χ3n) is 2.45. The van der Waals surface area contributed by atoms with Crippen LogP contribution in [0.25, 0.3) is 0 Å². The van der Waals surface area contributed by atoms with Crippen LogP contribution in [0.1, 0.15) is 11.5 Å². The van der Waals surface area contributed by atoms with Gasteiger partial charge in [-0.2, -0.15) is 0 Å². The Morgan fingerprint density at radius 3 is 2.33 bits per heavy atom. The number of sulfonamides is 1. The van der Waals surface area contributed by atoms with E-state index in [2.05, 4.69) is 15.2 Å². The van der Waals surface area contributed by atoms with Crippen molar-refractivity contribution in [3.8, 4) is 0 Å². The van der Waals surface area contributed by atoms with Crippen molar-refractivity contribution in [3.63, 3.8) is 0 Å². The molecular formula is C10H17N3O6S2. The maximum atomic E-state index is 12.0. The van der Waals surface area contributed by atoms with E-state index >= 15 is 0 Å². The normalized spacial score (nSPS) is 12.3. The second-order valence-corrected chi connectivity index (χ2v) is 8.42. The summed E-state index contributed by atoms with van der Waals surface area (Å²) in [5.41, 5.74) is 0.192. The molecule has 2 N–H and O–H groups in total. The lowest BCUT2D eigenvalue weighted by atomic mass is 10.4. The highest BCUT2D eigenvalue weighted by molar-refractivity contribution is 7.90. The average Bonchev–Trinajstić information content (AvgIpc) is 2.65. The van der Waals surface area contributed by atoms with E-state index in [-0.39, 0.29) is 28.6 Å². The minimum absolute atomic E-state index is 0.0787. The number of rotatable bonds is 7. The summed E-state index contributed by atoms with van der Waals surface area (Å²) in [6, 6.07) is 0. The maximum absolute atomic E-state index is 12.0. The molecule has 0 saturated carbocycles. The number of aryl methyl sites for hydroxylation is 2. The Bertz CT molecular complexity index is 700. The third kappa shape index (κ3) is 5.44. The molecule has 0 unspecified atom stereocenters. The Hall–Kier alpha value is -1.46. The first-order chi connectivity index (χ1) is 9.53. The van der Waals surface area contributed by atoms with Crippen molar-refractivity contribution >= 4 is 25.8 Å². The van der Waals surface area contributed by atoms with Crippen molar-refractivity contribution in [2.75, 3.05) is 25.1 Å². The smallest absolute Gasteiger partial charge is 0.246 e. The Kier molecular flexibility index (Phi) is 5.48. The van der Waals surface area contributed by atoms with Crippen molar-refractivity contribution in [1.82, 2.24) is 15.2 Å². The van der Waals surface area contributed by atoms with Gasteiger partial charge >= 0.3 is 0 Å². The van der Waals surface area contributed by atoms with Crippen LogP contribution in [0.2, 0.25) is 0 Å². The zero-order chi connectivity index (χ0) is 16.3. The van der Waals surface area contributed by atoms with E-state index in [9.17, 15) is 21.6 Å². The molecule has 0 radical (unpaired) electrons. The van der Waals surface area contributed by atoms with Crippen LogP contribution in [0.3, 0.4) is 0 Å². The maximum Gasteiger partial charge on any atom is 0.246 e. The number of amides is 1. The fourth-order valence-electron chi connectivity index (χ4n) is 1.53. The molecule has 1 heterocycles. The predicted molar refractivity (Wildman–Crippen MR) is 73.9 cm³/mol. The molecular weight excluding hydrogens is 322 g/mol. The first-order valence-electron chi connectivity index (χ1n) is 5.90. The molecule has 1 rings (SSSR count). The van der Waals surface area contributed by atoms with Gasteiger partial charge in [0, 0.05) is 12.8 Å². The summed E-state index contributed by atoms with van der Waals surface area (Å²) in [5.74, 6) is -0.721. The lowest BCUT2D eigenvalue weighted by molar-refractivity contribution is -0.119. The Morgan fingerprint density at radius 2 is 1.86 bits per heavy atom. The van der Waals surface area contributed by atoms with Gasteiger partial charge in [-0.3, -0.25) is 4.79 Å². The second-order valence-electron chi connectivity index (χ2n) is 4.46.